The fraction of sp³-hybridized carbons (Fsp3) is 1.00. The summed E-state index contributed by atoms with van der Waals surface area (Å²) in [5.41, 5.74) is 0. The van der Waals surface area contributed by atoms with Crippen LogP contribution in [-0.2, 0) is 0 Å². The Morgan fingerprint density at radius 3 is 2.57 bits per heavy atom. The SMILES string of the molecule is CCCC1CC1NC(C)CC(F)(F)F. The van der Waals surface area contributed by atoms with Crippen LogP contribution in [0.4, 0.5) is 13.2 Å². The lowest BCUT2D eigenvalue weighted by atomic mass is 10.2. The Bertz CT molecular complexity index is 179. The molecule has 1 fully saturated rings. The average molecular weight is 209 g/mol. The standard InChI is InChI=1S/C10H18F3N/c1-3-4-8-5-9(8)14-7(2)6-10(11,12)13/h7-9,14H,3-6H2,1-2H3. The molecule has 1 rings (SSSR count). The monoisotopic (exact) mass is 209 g/mol. The maximum Gasteiger partial charge on any atom is 0.390 e. The van der Waals surface area contributed by atoms with E-state index in [0.29, 0.717) is 12.0 Å². The Morgan fingerprint density at radius 1 is 1.43 bits per heavy atom. The van der Waals surface area contributed by atoms with Crippen LogP contribution in [0.15, 0.2) is 0 Å². The van der Waals surface area contributed by atoms with E-state index < -0.39 is 18.6 Å². The molecule has 4 heteroatoms. The van der Waals surface area contributed by atoms with Gasteiger partial charge in [0.2, 0.25) is 0 Å². The second kappa shape index (κ2) is 4.51. The molecular formula is C10H18F3N. The Balaban J connectivity index is 2.14. The van der Waals surface area contributed by atoms with E-state index in [1.807, 2.05) is 0 Å². The van der Waals surface area contributed by atoms with Gasteiger partial charge in [0.05, 0.1) is 6.42 Å². The minimum Gasteiger partial charge on any atom is -0.311 e. The zero-order valence-corrected chi connectivity index (χ0v) is 8.69. The molecule has 84 valence electrons. The van der Waals surface area contributed by atoms with Crippen molar-refractivity contribution in [2.75, 3.05) is 0 Å². The van der Waals surface area contributed by atoms with E-state index in [-0.39, 0.29) is 0 Å². The van der Waals surface area contributed by atoms with Crippen molar-refractivity contribution in [3.63, 3.8) is 0 Å². The molecule has 1 saturated carbocycles. The maximum absolute atomic E-state index is 12.0. The van der Waals surface area contributed by atoms with Crippen molar-refractivity contribution in [1.82, 2.24) is 5.32 Å². The second-order valence-electron chi connectivity index (χ2n) is 4.28. The first-order valence-electron chi connectivity index (χ1n) is 5.25. The van der Waals surface area contributed by atoms with E-state index in [2.05, 4.69) is 12.2 Å². The normalized spacial score (nSPS) is 28.9. The molecule has 1 aliphatic carbocycles. The Morgan fingerprint density at radius 2 is 2.07 bits per heavy atom. The molecule has 0 spiro atoms. The summed E-state index contributed by atoms with van der Waals surface area (Å²) in [6.07, 6.45) is -1.45. The molecule has 0 aliphatic heterocycles. The van der Waals surface area contributed by atoms with E-state index in [0.717, 1.165) is 19.3 Å². The van der Waals surface area contributed by atoms with Crippen molar-refractivity contribution >= 4 is 0 Å². The van der Waals surface area contributed by atoms with Crippen molar-refractivity contribution in [2.45, 2.75) is 57.8 Å². The number of nitrogens with one attached hydrogen (secondary N) is 1. The van der Waals surface area contributed by atoms with Gasteiger partial charge in [0.15, 0.2) is 0 Å². The molecule has 1 aliphatic rings. The highest BCUT2D eigenvalue weighted by atomic mass is 19.4. The summed E-state index contributed by atoms with van der Waals surface area (Å²) in [4.78, 5) is 0. The van der Waals surface area contributed by atoms with Gasteiger partial charge in [-0.2, -0.15) is 13.2 Å². The van der Waals surface area contributed by atoms with Crippen LogP contribution in [0.25, 0.3) is 0 Å². The van der Waals surface area contributed by atoms with Gasteiger partial charge < -0.3 is 5.32 Å². The summed E-state index contributed by atoms with van der Waals surface area (Å²) in [5, 5.41) is 3.03. The molecule has 14 heavy (non-hydrogen) atoms. The second-order valence-corrected chi connectivity index (χ2v) is 4.28. The largest absolute Gasteiger partial charge is 0.390 e. The predicted octanol–water partition coefficient (Wildman–Crippen LogP) is 3.11. The van der Waals surface area contributed by atoms with Crippen LogP contribution in [0.2, 0.25) is 0 Å². The molecule has 0 aromatic carbocycles. The molecule has 0 aromatic heterocycles. The summed E-state index contributed by atoms with van der Waals surface area (Å²) in [7, 11) is 0. The zero-order valence-electron chi connectivity index (χ0n) is 8.69. The van der Waals surface area contributed by atoms with Crippen LogP contribution >= 0.6 is 0 Å². The molecule has 0 amide bonds. The van der Waals surface area contributed by atoms with Crippen molar-refractivity contribution in [3.05, 3.63) is 0 Å². The Kier molecular flexibility index (Phi) is 3.81. The quantitative estimate of drug-likeness (QED) is 0.733. The van der Waals surface area contributed by atoms with Gasteiger partial charge in [-0.15, -0.1) is 0 Å². The van der Waals surface area contributed by atoms with Crippen LogP contribution < -0.4 is 5.32 Å². The van der Waals surface area contributed by atoms with Crippen molar-refractivity contribution in [1.29, 1.82) is 0 Å². The third kappa shape index (κ3) is 4.31. The first kappa shape index (κ1) is 11.8. The topological polar surface area (TPSA) is 12.0 Å². The van der Waals surface area contributed by atoms with Gasteiger partial charge in [-0.25, -0.2) is 0 Å². The first-order chi connectivity index (χ1) is 6.42. The summed E-state index contributed by atoms with van der Waals surface area (Å²) in [5.74, 6) is 0.621. The van der Waals surface area contributed by atoms with Gasteiger partial charge in [-0.3, -0.25) is 0 Å². The molecule has 1 nitrogen and oxygen atoms in total. The Hall–Kier alpha value is -0.250. The lowest BCUT2D eigenvalue weighted by Crippen LogP contribution is -2.33. The maximum atomic E-state index is 12.0. The third-order valence-corrected chi connectivity index (χ3v) is 2.62. The lowest BCUT2D eigenvalue weighted by molar-refractivity contribution is -0.139. The van der Waals surface area contributed by atoms with Crippen LogP contribution in [0.5, 0.6) is 0 Å². The van der Waals surface area contributed by atoms with E-state index in [9.17, 15) is 13.2 Å². The van der Waals surface area contributed by atoms with Gasteiger partial charge in [-0.05, 0) is 25.7 Å². The molecule has 0 heterocycles. The summed E-state index contributed by atoms with van der Waals surface area (Å²) >= 11 is 0. The van der Waals surface area contributed by atoms with E-state index >= 15 is 0 Å². The fourth-order valence-electron chi connectivity index (χ4n) is 1.91. The molecule has 3 atom stereocenters. The zero-order chi connectivity index (χ0) is 10.8. The lowest BCUT2D eigenvalue weighted by Gasteiger charge is -2.15. The minimum absolute atomic E-state index is 0.340. The van der Waals surface area contributed by atoms with Gasteiger partial charge in [0.25, 0.3) is 0 Å². The number of alkyl halides is 3. The smallest absolute Gasteiger partial charge is 0.311 e. The Labute approximate surface area is 83.1 Å². The highest BCUT2D eigenvalue weighted by Gasteiger charge is 2.38. The first-order valence-corrected chi connectivity index (χ1v) is 5.25. The van der Waals surface area contributed by atoms with Crippen LogP contribution in [0.1, 0.15) is 39.5 Å². The van der Waals surface area contributed by atoms with Gasteiger partial charge in [0, 0.05) is 12.1 Å². The number of rotatable bonds is 5. The molecule has 0 bridgehead atoms. The third-order valence-electron chi connectivity index (χ3n) is 2.62. The number of hydrogen-bond acceptors (Lipinski definition) is 1. The van der Waals surface area contributed by atoms with E-state index in [4.69, 9.17) is 0 Å². The molecule has 1 N–H and O–H groups in total. The highest BCUT2D eigenvalue weighted by Crippen LogP contribution is 2.35. The van der Waals surface area contributed by atoms with Crippen molar-refractivity contribution in [2.24, 2.45) is 5.92 Å². The molecule has 3 unspecified atom stereocenters. The van der Waals surface area contributed by atoms with E-state index in [1.165, 1.54) is 0 Å². The minimum atomic E-state index is -4.04. The molecule has 0 radical (unpaired) electrons. The summed E-state index contributed by atoms with van der Waals surface area (Å²) in [6.45, 7) is 3.71. The average Bonchev–Trinajstić information content (AvgIpc) is 2.63. The summed E-state index contributed by atoms with van der Waals surface area (Å²) in [6, 6.07) is -0.103. The molecular weight excluding hydrogens is 191 g/mol. The van der Waals surface area contributed by atoms with Gasteiger partial charge in [-0.1, -0.05) is 13.3 Å². The van der Waals surface area contributed by atoms with Crippen molar-refractivity contribution in [3.8, 4) is 0 Å². The predicted molar refractivity (Wildman–Crippen MR) is 50.1 cm³/mol. The van der Waals surface area contributed by atoms with Crippen molar-refractivity contribution < 1.29 is 13.2 Å². The fourth-order valence-corrected chi connectivity index (χ4v) is 1.91. The summed E-state index contributed by atoms with van der Waals surface area (Å²) < 4.78 is 35.9. The van der Waals surface area contributed by atoms with Gasteiger partial charge in [0.1, 0.15) is 0 Å². The van der Waals surface area contributed by atoms with E-state index in [1.54, 1.807) is 6.92 Å². The molecule has 0 aromatic rings. The highest BCUT2D eigenvalue weighted by molar-refractivity contribution is 4.94. The molecule has 0 saturated heterocycles. The van der Waals surface area contributed by atoms with Crippen LogP contribution in [0, 0.1) is 5.92 Å². The number of hydrogen-bond donors (Lipinski definition) is 1. The van der Waals surface area contributed by atoms with Crippen LogP contribution in [-0.4, -0.2) is 18.3 Å². The number of halogens is 3. The van der Waals surface area contributed by atoms with Gasteiger partial charge >= 0.3 is 6.18 Å². The van der Waals surface area contributed by atoms with Crippen LogP contribution in [0.3, 0.4) is 0 Å².